The molecule has 0 aliphatic carbocycles. The molecule has 0 aromatic carbocycles. The van der Waals surface area contributed by atoms with Gasteiger partial charge in [-0.25, -0.2) is 0 Å². The van der Waals surface area contributed by atoms with Crippen molar-refractivity contribution >= 4 is 17.2 Å². The number of rotatable bonds is 2. The Morgan fingerprint density at radius 2 is 2.11 bits per heavy atom. The highest BCUT2D eigenvalue weighted by Crippen LogP contribution is 2.49. The summed E-state index contributed by atoms with van der Waals surface area (Å²) >= 11 is 1.43. The minimum Gasteiger partial charge on any atom is -0.485 e. The fraction of sp³-hybridized carbons (Fsp3) is 0.650. The van der Waals surface area contributed by atoms with Crippen molar-refractivity contribution in [3.05, 3.63) is 21.9 Å². The number of thiophene rings is 1. The molecule has 7 heteroatoms. The molecule has 0 N–H and O–H groups in total. The molecular weight excluding hydrogens is 366 g/mol. The molecule has 1 amide bonds. The van der Waals surface area contributed by atoms with E-state index in [4.69, 9.17) is 18.9 Å². The molecule has 2 fully saturated rings. The van der Waals surface area contributed by atoms with Crippen LogP contribution in [0.4, 0.5) is 0 Å². The number of likely N-dealkylation sites (tertiary alicyclic amines) is 1. The molecule has 6 nitrogen and oxygen atoms in total. The SMILES string of the molecule is O=C(c1scc2c1OCCO2)N1CCC[C@@]2(C3=CCOCC3)COCC[C@H]12. The van der Waals surface area contributed by atoms with E-state index in [-0.39, 0.29) is 17.4 Å². The first-order valence-electron chi connectivity index (χ1n) is 9.83. The fourth-order valence-corrected chi connectivity index (χ4v) is 5.95. The lowest BCUT2D eigenvalue weighted by molar-refractivity contribution is -0.0738. The number of fused-ring (bicyclic) bond motifs is 2. The summed E-state index contributed by atoms with van der Waals surface area (Å²) in [4.78, 5) is 16.3. The van der Waals surface area contributed by atoms with Crippen molar-refractivity contribution in [2.75, 3.05) is 46.2 Å². The van der Waals surface area contributed by atoms with Gasteiger partial charge in [0.15, 0.2) is 11.5 Å². The molecule has 2 saturated heterocycles. The summed E-state index contributed by atoms with van der Waals surface area (Å²) in [5, 5.41) is 1.89. The smallest absolute Gasteiger partial charge is 0.268 e. The lowest BCUT2D eigenvalue weighted by Gasteiger charge is -2.54. The van der Waals surface area contributed by atoms with Crippen LogP contribution in [0.5, 0.6) is 11.5 Å². The van der Waals surface area contributed by atoms with E-state index < -0.39 is 0 Å². The van der Waals surface area contributed by atoms with Crippen molar-refractivity contribution in [1.82, 2.24) is 4.90 Å². The minimum atomic E-state index is -0.0649. The molecule has 27 heavy (non-hydrogen) atoms. The fourth-order valence-electron chi connectivity index (χ4n) is 5.07. The van der Waals surface area contributed by atoms with Gasteiger partial charge in [-0.2, -0.15) is 0 Å². The van der Waals surface area contributed by atoms with Gasteiger partial charge in [0, 0.05) is 30.0 Å². The van der Waals surface area contributed by atoms with Gasteiger partial charge in [-0.15, -0.1) is 11.3 Å². The number of piperidine rings is 1. The van der Waals surface area contributed by atoms with Gasteiger partial charge < -0.3 is 23.8 Å². The van der Waals surface area contributed by atoms with Crippen LogP contribution < -0.4 is 9.47 Å². The highest BCUT2D eigenvalue weighted by atomic mass is 32.1. The molecule has 4 aliphatic rings. The molecule has 5 rings (SSSR count). The lowest BCUT2D eigenvalue weighted by atomic mass is 9.65. The van der Waals surface area contributed by atoms with Crippen LogP contribution in [0, 0.1) is 5.41 Å². The van der Waals surface area contributed by atoms with Crippen LogP contribution in [-0.4, -0.2) is 63.0 Å². The molecule has 2 atom stereocenters. The van der Waals surface area contributed by atoms with E-state index in [1.54, 1.807) is 0 Å². The molecule has 1 aromatic heterocycles. The first kappa shape index (κ1) is 17.5. The first-order chi connectivity index (χ1) is 13.3. The zero-order chi connectivity index (χ0) is 18.3. The Morgan fingerprint density at radius 3 is 3.00 bits per heavy atom. The average Bonchev–Trinajstić information content (AvgIpc) is 3.17. The number of ether oxygens (including phenoxy) is 4. The van der Waals surface area contributed by atoms with Crippen molar-refractivity contribution in [1.29, 1.82) is 0 Å². The van der Waals surface area contributed by atoms with Crippen LogP contribution in [0.25, 0.3) is 0 Å². The van der Waals surface area contributed by atoms with Gasteiger partial charge in [0.1, 0.15) is 18.1 Å². The minimum absolute atomic E-state index is 0.0649. The van der Waals surface area contributed by atoms with Crippen LogP contribution in [0.1, 0.15) is 35.4 Å². The maximum absolute atomic E-state index is 13.5. The lowest BCUT2D eigenvalue weighted by Crippen LogP contribution is -2.59. The number of carbonyl (C=O) groups is 1. The highest BCUT2D eigenvalue weighted by Gasteiger charge is 2.51. The van der Waals surface area contributed by atoms with Gasteiger partial charge in [-0.05, 0) is 25.7 Å². The summed E-state index contributed by atoms with van der Waals surface area (Å²) in [5.74, 6) is 1.41. The third-order valence-electron chi connectivity index (χ3n) is 6.29. The summed E-state index contributed by atoms with van der Waals surface area (Å²) in [6, 6.07) is 0.180. The van der Waals surface area contributed by atoms with Crippen LogP contribution in [0.3, 0.4) is 0 Å². The summed E-state index contributed by atoms with van der Waals surface area (Å²) in [6.07, 6.45) is 6.12. The van der Waals surface area contributed by atoms with Crippen LogP contribution >= 0.6 is 11.3 Å². The quantitative estimate of drug-likeness (QED) is 0.726. The summed E-state index contributed by atoms with van der Waals surface area (Å²) < 4.78 is 22.9. The Bertz CT molecular complexity index is 756. The normalized spacial score (nSPS) is 30.4. The van der Waals surface area contributed by atoms with E-state index in [0.29, 0.717) is 49.4 Å². The zero-order valence-electron chi connectivity index (χ0n) is 15.4. The van der Waals surface area contributed by atoms with Crippen molar-refractivity contribution in [3.8, 4) is 11.5 Å². The number of amides is 1. The summed E-state index contributed by atoms with van der Waals surface area (Å²) in [5.41, 5.74) is 1.36. The Hall–Kier alpha value is -1.57. The zero-order valence-corrected chi connectivity index (χ0v) is 16.2. The van der Waals surface area contributed by atoms with Crippen molar-refractivity contribution in [2.45, 2.75) is 31.7 Å². The van der Waals surface area contributed by atoms with Gasteiger partial charge in [0.25, 0.3) is 5.91 Å². The van der Waals surface area contributed by atoms with E-state index in [1.807, 2.05) is 5.38 Å². The third-order valence-corrected chi connectivity index (χ3v) is 7.22. The second-order valence-corrected chi connectivity index (χ2v) is 8.50. The standard InChI is InChI=1S/C20H25NO5S/c22-19(18-17-15(12-27-18)25-10-11-26-17)21-6-1-5-20(13-24-9-4-16(20)21)14-2-7-23-8-3-14/h2,12,16H,1,3-11,13H2/t16-,20-/m0/s1. The maximum atomic E-state index is 13.5. The molecular formula is C20H25NO5S. The largest absolute Gasteiger partial charge is 0.485 e. The van der Waals surface area contributed by atoms with Gasteiger partial charge in [-0.1, -0.05) is 11.6 Å². The molecule has 0 radical (unpaired) electrons. The second kappa shape index (κ2) is 7.11. The number of hydrogen-bond acceptors (Lipinski definition) is 6. The van der Waals surface area contributed by atoms with E-state index in [0.717, 1.165) is 38.8 Å². The maximum Gasteiger partial charge on any atom is 0.268 e. The first-order valence-corrected chi connectivity index (χ1v) is 10.7. The van der Waals surface area contributed by atoms with Crippen LogP contribution in [0.15, 0.2) is 17.0 Å². The van der Waals surface area contributed by atoms with E-state index in [2.05, 4.69) is 11.0 Å². The van der Waals surface area contributed by atoms with Gasteiger partial charge in [0.2, 0.25) is 0 Å². The molecule has 146 valence electrons. The monoisotopic (exact) mass is 391 g/mol. The molecule has 1 aromatic rings. The van der Waals surface area contributed by atoms with E-state index in [1.165, 1.54) is 16.9 Å². The number of nitrogens with zero attached hydrogens (tertiary/aromatic N) is 1. The Labute approximate surface area is 163 Å². The van der Waals surface area contributed by atoms with Crippen molar-refractivity contribution in [3.63, 3.8) is 0 Å². The number of carbonyl (C=O) groups excluding carboxylic acids is 1. The summed E-state index contributed by atoms with van der Waals surface area (Å²) in [6.45, 7) is 4.68. The van der Waals surface area contributed by atoms with E-state index >= 15 is 0 Å². The summed E-state index contributed by atoms with van der Waals surface area (Å²) in [7, 11) is 0. The second-order valence-electron chi connectivity index (χ2n) is 7.62. The Kier molecular flexibility index (Phi) is 4.61. The Morgan fingerprint density at radius 1 is 1.19 bits per heavy atom. The molecule has 0 unspecified atom stereocenters. The van der Waals surface area contributed by atoms with Crippen molar-refractivity contribution < 1.29 is 23.7 Å². The molecule has 0 spiro atoms. The van der Waals surface area contributed by atoms with Crippen LogP contribution in [0.2, 0.25) is 0 Å². The van der Waals surface area contributed by atoms with Gasteiger partial charge >= 0.3 is 0 Å². The van der Waals surface area contributed by atoms with Crippen molar-refractivity contribution in [2.24, 2.45) is 5.41 Å². The van der Waals surface area contributed by atoms with Gasteiger partial charge in [0.05, 0.1) is 19.8 Å². The molecule has 5 heterocycles. The van der Waals surface area contributed by atoms with E-state index in [9.17, 15) is 4.79 Å². The molecule has 4 aliphatic heterocycles. The third kappa shape index (κ3) is 2.87. The van der Waals surface area contributed by atoms with Gasteiger partial charge in [-0.3, -0.25) is 4.79 Å². The topological polar surface area (TPSA) is 57.2 Å². The highest BCUT2D eigenvalue weighted by molar-refractivity contribution is 7.12. The predicted octanol–water partition coefficient (Wildman–Crippen LogP) is 2.88. The molecule has 0 saturated carbocycles. The number of hydrogen-bond donors (Lipinski definition) is 0. The predicted molar refractivity (Wildman–Crippen MR) is 101 cm³/mol. The Balaban J connectivity index is 1.48. The van der Waals surface area contributed by atoms with Crippen LogP contribution in [-0.2, 0) is 9.47 Å². The average molecular weight is 391 g/mol. The molecule has 0 bridgehead atoms.